The molecule has 0 bridgehead atoms. The summed E-state index contributed by atoms with van der Waals surface area (Å²) in [6.45, 7) is 6.38. The number of rotatable bonds is 7. The molecule has 0 amide bonds. The second-order valence-corrected chi connectivity index (χ2v) is 3.86. The Hall–Kier alpha value is -0.860. The Kier molecular flexibility index (Phi) is 7.07. The van der Waals surface area contributed by atoms with Crippen molar-refractivity contribution in [3.05, 3.63) is 0 Å². The van der Waals surface area contributed by atoms with E-state index in [-0.39, 0.29) is 18.2 Å². The molecule has 0 spiro atoms. The number of hydrogen-bond donors (Lipinski definition) is 0. The summed E-state index contributed by atoms with van der Waals surface area (Å²) in [7, 11) is 0. The van der Waals surface area contributed by atoms with Crippen LogP contribution in [0, 0.1) is 5.92 Å². The quantitative estimate of drug-likeness (QED) is 0.592. The lowest BCUT2D eigenvalue weighted by Crippen LogP contribution is -2.09. The Morgan fingerprint density at radius 2 is 1.86 bits per heavy atom. The standard InChI is InChI=1S/C11H20O3/c1-4-7-14-11(13)6-5-10(12)8-9(2)3/h9H,4-8H2,1-3H3. The second kappa shape index (κ2) is 7.54. The van der Waals surface area contributed by atoms with Gasteiger partial charge < -0.3 is 4.74 Å². The summed E-state index contributed by atoms with van der Waals surface area (Å²) in [6, 6.07) is 0. The van der Waals surface area contributed by atoms with Gasteiger partial charge in [0.1, 0.15) is 5.78 Å². The number of ketones is 1. The highest BCUT2D eigenvalue weighted by atomic mass is 16.5. The number of ether oxygens (including phenoxy) is 1. The predicted molar refractivity (Wildman–Crippen MR) is 54.9 cm³/mol. The molecule has 0 aromatic heterocycles. The fourth-order valence-corrected chi connectivity index (χ4v) is 1.09. The number of Topliss-reactive ketones (excluding diaryl/α,β-unsaturated/α-hetero) is 1. The maximum atomic E-state index is 11.2. The first-order valence-corrected chi connectivity index (χ1v) is 5.23. The minimum atomic E-state index is -0.260. The molecule has 0 atom stereocenters. The molecule has 0 N–H and O–H groups in total. The molecule has 0 aromatic rings. The zero-order valence-corrected chi connectivity index (χ0v) is 9.34. The van der Waals surface area contributed by atoms with Crippen LogP contribution in [0.3, 0.4) is 0 Å². The van der Waals surface area contributed by atoms with E-state index in [0.29, 0.717) is 25.4 Å². The van der Waals surface area contributed by atoms with E-state index in [2.05, 4.69) is 0 Å². The normalized spacial score (nSPS) is 10.3. The van der Waals surface area contributed by atoms with Gasteiger partial charge >= 0.3 is 5.97 Å². The van der Waals surface area contributed by atoms with Crippen molar-refractivity contribution in [2.45, 2.75) is 46.5 Å². The molecule has 0 aliphatic heterocycles. The number of hydrogen-bond acceptors (Lipinski definition) is 3. The Balaban J connectivity index is 3.51. The first-order chi connectivity index (χ1) is 6.56. The predicted octanol–water partition coefficient (Wildman–Crippen LogP) is 2.33. The highest BCUT2D eigenvalue weighted by Crippen LogP contribution is 2.05. The largest absolute Gasteiger partial charge is 0.466 e. The van der Waals surface area contributed by atoms with Gasteiger partial charge in [-0.2, -0.15) is 0 Å². The average molecular weight is 200 g/mol. The van der Waals surface area contributed by atoms with Crippen molar-refractivity contribution in [3.63, 3.8) is 0 Å². The lowest BCUT2D eigenvalue weighted by molar-refractivity contribution is -0.144. The van der Waals surface area contributed by atoms with Gasteiger partial charge in [0.15, 0.2) is 0 Å². The van der Waals surface area contributed by atoms with Gasteiger partial charge in [-0.1, -0.05) is 20.8 Å². The van der Waals surface area contributed by atoms with Gasteiger partial charge in [0.25, 0.3) is 0 Å². The molecule has 14 heavy (non-hydrogen) atoms. The van der Waals surface area contributed by atoms with Gasteiger partial charge in [0, 0.05) is 12.8 Å². The lowest BCUT2D eigenvalue weighted by Gasteiger charge is -2.04. The van der Waals surface area contributed by atoms with Gasteiger partial charge in [-0.15, -0.1) is 0 Å². The molecule has 82 valence electrons. The van der Waals surface area contributed by atoms with Crippen molar-refractivity contribution in [2.75, 3.05) is 6.61 Å². The minimum absolute atomic E-state index is 0.147. The summed E-state index contributed by atoms with van der Waals surface area (Å²) < 4.78 is 4.86. The zero-order chi connectivity index (χ0) is 11.0. The topological polar surface area (TPSA) is 43.4 Å². The van der Waals surface area contributed by atoms with Crippen molar-refractivity contribution in [2.24, 2.45) is 5.92 Å². The molecular formula is C11H20O3. The molecule has 0 aromatic carbocycles. The van der Waals surface area contributed by atoms with Crippen LogP contribution in [0.25, 0.3) is 0 Å². The second-order valence-electron chi connectivity index (χ2n) is 3.86. The van der Waals surface area contributed by atoms with E-state index in [1.54, 1.807) is 0 Å². The van der Waals surface area contributed by atoms with E-state index in [0.717, 1.165) is 6.42 Å². The third kappa shape index (κ3) is 7.77. The van der Waals surface area contributed by atoms with E-state index < -0.39 is 0 Å². The Morgan fingerprint density at radius 1 is 1.21 bits per heavy atom. The van der Waals surface area contributed by atoms with Crippen LogP contribution < -0.4 is 0 Å². The molecule has 0 saturated carbocycles. The van der Waals surface area contributed by atoms with Crippen LogP contribution in [-0.4, -0.2) is 18.4 Å². The first-order valence-electron chi connectivity index (χ1n) is 5.23. The molecule has 3 heteroatoms. The molecule has 0 radical (unpaired) electrons. The summed E-state index contributed by atoms with van der Waals surface area (Å²) in [6.07, 6.45) is 1.93. The van der Waals surface area contributed by atoms with Gasteiger partial charge in [0.05, 0.1) is 13.0 Å². The summed E-state index contributed by atoms with van der Waals surface area (Å²) in [5.74, 6) is 0.256. The van der Waals surface area contributed by atoms with Crippen LogP contribution in [0.4, 0.5) is 0 Å². The van der Waals surface area contributed by atoms with Crippen molar-refractivity contribution in [1.82, 2.24) is 0 Å². The van der Waals surface area contributed by atoms with E-state index in [9.17, 15) is 9.59 Å². The van der Waals surface area contributed by atoms with Crippen molar-refractivity contribution in [1.29, 1.82) is 0 Å². The molecule has 0 aliphatic carbocycles. The monoisotopic (exact) mass is 200 g/mol. The number of esters is 1. The van der Waals surface area contributed by atoms with E-state index in [1.807, 2.05) is 20.8 Å². The molecule has 0 heterocycles. The zero-order valence-electron chi connectivity index (χ0n) is 9.34. The molecule has 0 unspecified atom stereocenters. The van der Waals surface area contributed by atoms with Crippen LogP contribution in [0.2, 0.25) is 0 Å². The third-order valence-corrected chi connectivity index (χ3v) is 1.71. The molecule has 0 rings (SSSR count). The Morgan fingerprint density at radius 3 is 2.36 bits per heavy atom. The van der Waals surface area contributed by atoms with Crippen molar-refractivity contribution in [3.8, 4) is 0 Å². The van der Waals surface area contributed by atoms with E-state index >= 15 is 0 Å². The molecule has 0 fully saturated rings. The number of carbonyl (C=O) groups excluding carboxylic acids is 2. The van der Waals surface area contributed by atoms with Crippen LogP contribution in [-0.2, 0) is 14.3 Å². The van der Waals surface area contributed by atoms with Crippen LogP contribution >= 0.6 is 0 Å². The lowest BCUT2D eigenvalue weighted by atomic mass is 10.0. The molecule has 3 nitrogen and oxygen atoms in total. The maximum absolute atomic E-state index is 11.2. The highest BCUT2D eigenvalue weighted by Gasteiger charge is 2.09. The third-order valence-electron chi connectivity index (χ3n) is 1.71. The van der Waals surface area contributed by atoms with Gasteiger partial charge in [0.2, 0.25) is 0 Å². The Bertz CT molecular complexity index is 185. The van der Waals surface area contributed by atoms with Gasteiger partial charge in [-0.3, -0.25) is 9.59 Å². The highest BCUT2D eigenvalue weighted by molar-refractivity contribution is 5.82. The minimum Gasteiger partial charge on any atom is -0.466 e. The fraction of sp³-hybridized carbons (Fsp3) is 0.818. The maximum Gasteiger partial charge on any atom is 0.306 e. The van der Waals surface area contributed by atoms with Crippen LogP contribution in [0.5, 0.6) is 0 Å². The number of carbonyl (C=O) groups is 2. The van der Waals surface area contributed by atoms with E-state index in [4.69, 9.17) is 4.74 Å². The van der Waals surface area contributed by atoms with Crippen LogP contribution in [0.15, 0.2) is 0 Å². The van der Waals surface area contributed by atoms with E-state index in [1.165, 1.54) is 0 Å². The summed E-state index contributed by atoms with van der Waals surface area (Å²) >= 11 is 0. The molecule has 0 saturated heterocycles. The molecular weight excluding hydrogens is 180 g/mol. The summed E-state index contributed by atoms with van der Waals surface area (Å²) in [5, 5.41) is 0. The first kappa shape index (κ1) is 13.1. The van der Waals surface area contributed by atoms with Crippen LogP contribution in [0.1, 0.15) is 46.5 Å². The Labute approximate surface area is 85.8 Å². The summed E-state index contributed by atoms with van der Waals surface area (Å²) in [4.78, 5) is 22.2. The SMILES string of the molecule is CCCOC(=O)CCC(=O)CC(C)C. The average Bonchev–Trinajstić information content (AvgIpc) is 2.10. The van der Waals surface area contributed by atoms with Gasteiger partial charge in [-0.05, 0) is 12.3 Å². The van der Waals surface area contributed by atoms with Crippen molar-refractivity contribution >= 4 is 11.8 Å². The molecule has 0 aliphatic rings. The van der Waals surface area contributed by atoms with Crippen molar-refractivity contribution < 1.29 is 14.3 Å². The summed E-state index contributed by atoms with van der Waals surface area (Å²) in [5.41, 5.74) is 0. The fourth-order valence-electron chi connectivity index (χ4n) is 1.09. The van der Waals surface area contributed by atoms with Gasteiger partial charge in [-0.25, -0.2) is 0 Å². The smallest absolute Gasteiger partial charge is 0.306 e.